The quantitative estimate of drug-likeness (QED) is 0.464. The SMILES string of the molecule is CC(C)OC(=O)CNN(C)C. The summed E-state index contributed by atoms with van der Waals surface area (Å²) in [6.45, 7) is 3.88. The average molecular weight is 160 g/mol. The molecule has 66 valence electrons. The van der Waals surface area contributed by atoms with Crippen LogP contribution in [-0.4, -0.2) is 37.7 Å². The number of nitrogens with zero attached hydrogens (tertiary/aromatic N) is 1. The summed E-state index contributed by atoms with van der Waals surface area (Å²) in [5.74, 6) is -0.228. The van der Waals surface area contributed by atoms with Gasteiger partial charge in [-0.1, -0.05) is 0 Å². The van der Waals surface area contributed by atoms with E-state index >= 15 is 0 Å². The molecular weight excluding hydrogens is 144 g/mol. The Morgan fingerprint density at radius 1 is 1.55 bits per heavy atom. The highest BCUT2D eigenvalue weighted by Gasteiger charge is 2.03. The maximum absolute atomic E-state index is 10.8. The molecule has 0 aliphatic carbocycles. The van der Waals surface area contributed by atoms with Crippen molar-refractivity contribution < 1.29 is 9.53 Å². The molecule has 0 radical (unpaired) electrons. The number of carbonyl (C=O) groups excluding carboxylic acids is 1. The van der Waals surface area contributed by atoms with Crippen molar-refractivity contribution >= 4 is 5.97 Å². The summed E-state index contributed by atoms with van der Waals surface area (Å²) in [4.78, 5) is 10.8. The molecule has 0 unspecified atom stereocenters. The number of ether oxygens (including phenoxy) is 1. The van der Waals surface area contributed by atoms with Gasteiger partial charge in [-0.15, -0.1) is 0 Å². The fraction of sp³-hybridized carbons (Fsp3) is 0.857. The van der Waals surface area contributed by atoms with Crippen molar-refractivity contribution in [1.82, 2.24) is 10.4 Å². The molecule has 11 heavy (non-hydrogen) atoms. The third kappa shape index (κ3) is 7.29. The lowest BCUT2D eigenvalue weighted by Crippen LogP contribution is -2.36. The standard InChI is InChI=1S/C7H16N2O2/c1-6(2)11-7(10)5-8-9(3)4/h6,8H,5H2,1-4H3. The number of nitrogens with one attached hydrogen (secondary N) is 1. The summed E-state index contributed by atoms with van der Waals surface area (Å²) in [6, 6.07) is 0. The summed E-state index contributed by atoms with van der Waals surface area (Å²) in [6.07, 6.45) is -0.0357. The molecule has 0 aromatic rings. The van der Waals surface area contributed by atoms with Crippen molar-refractivity contribution in [2.45, 2.75) is 20.0 Å². The average Bonchev–Trinajstić information content (AvgIpc) is 1.82. The molecule has 0 bridgehead atoms. The zero-order valence-corrected chi connectivity index (χ0v) is 7.55. The number of hydrogen-bond donors (Lipinski definition) is 1. The lowest BCUT2D eigenvalue weighted by molar-refractivity contribution is -0.147. The summed E-state index contributed by atoms with van der Waals surface area (Å²) in [5.41, 5.74) is 2.81. The van der Waals surface area contributed by atoms with Crippen molar-refractivity contribution in [3.8, 4) is 0 Å². The highest BCUT2D eigenvalue weighted by Crippen LogP contribution is 1.87. The molecule has 1 N–H and O–H groups in total. The van der Waals surface area contributed by atoms with Crippen molar-refractivity contribution in [3.63, 3.8) is 0 Å². The molecule has 0 spiro atoms. The third-order valence-corrected chi connectivity index (χ3v) is 0.907. The summed E-state index contributed by atoms with van der Waals surface area (Å²) in [7, 11) is 3.64. The Labute approximate surface area is 67.5 Å². The van der Waals surface area contributed by atoms with Gasteiger partial charge in [0.15, 0.2) is 0 Å². The maximum Gasteiger partial charge on any atom is 0.321 e. The summed E-state index contributed by atoms with van der Waals surface area (Å²) >= 11 is 0. The molecule has 0 aromatic heterocycles. The fourth-order valence-corrected chi connectivity index (χ4v) is 0.527. The van der Waals surface area contributed by atoms with E-state index in [1.807, 2.05) is 27.9 Å². The number of carbonyl (C=O) groups is 1. The van der Waals surface area contributed by atoms with E-state index in [-0.39, 0.29) is 18.6 Å². The summed E-state index contributed by atoms with van der Waals surface area (Å²) < 4.78 is 4.87. The van der Waals surface area contributed by atoms with Crippen LogP contribution in [0.4, 0.5) is 0 Å². The highest BCUT2D eigenvalue weighted by atomic mass is 16.5. The van der Waals surface area contributed by atoms with Crippen LogP contribution in [0.3, 0.4) is 0 Å². The minimum absolute atomic E-state index is 0.0357. The molecule has 0 aromatic carbocycles. The van der Waals surface area contributed by atoms with E-state index in [0.717, 1.165) is 0 Å². The number of hydrazine groups is 1. The van der Waals surface area contributed by atoms with E-state index in [0.29, 0.717) is 0 Å². The minimum atomic E-state index is -0.228. The molecule has 0 aliphatic rings. The van der Waals surface area contributed by atoms with Crippen molar-refractivity contribution in [1.29, 1.82) is 0 Å². The molecule has 0 amide bonds. The Kier molecular flexibility index (Phi) is 4.81. The fourth-order valence-electron chi connectivity index (χ4n) is 0.527. The van der Waals surface area contributed by atoms with Crippen LogP contribution >= 0.6 is 0 Å². The van der Waals surface area contributed by atoms with E-state index in [1.54, 1.807) is 5.01 Å². The topological polar surface area (TPSA) is 41.6 Å². The van der Waals surface area contributed by atoms with Crippen molar-refractivity contribution in [2.24, 2.45) is 0 Å². The molecular formula is C7H16N2O2. The van der Waals surface area contributed by atoms with Crippen LogP contribution in [-0.2, 0) is 9.53 Å². The zero-order valence-electron chi connectivity index (χ0n) is 7.55. The molecule has 0 rings (SSSR count). The molecule has 0 atom stereocenters. The van der Waals surface area contributed by atoms with Gasteiger partial charge < -0.3 is 4.74 Å². The van der Waals surface area contributed by atoms with Gasteiger partial charge in [-0.05, 0) is 13.8 Å². The smallest absolute Gasteiger partial charge is 0.321 e. The molecule has 0 saturated carbocycles. The first-order valence-corrected chi connectivity index (χ1v) is 3.62. The molecule has 0 aliphatic heterocycles. The van der Waals surface area contributed by atoms with Crippen molar-refractivity contribution in [2.75, 3.05) is 20.6 Å². The Bertz CT molecular complexity index is 124. The molecule has 0 saturated heterocycles. The normalized spacial score (nSPS) is 10.7. The Hall–Kier alpha value is -0.610. The first-order valence-electron chi connectivity index (χ1n) is 3.62. The van der Waals surface area contributed by atoms with Crippen LogP contribution in [0.5, 0.6) is 0 Å². The van der Waals surface area contributed by atoms with Crippen LogP contribution in [0, 0.1) is 0 Å². The molecule has 0 fully saturated rings. The second-order valence-electron chi connectivity index (χ2n) is 2.77. The van der Waals surface area contributed by atoms with Crippen LogP contribution in [0.2, 0.25) is 0 Å². The molecule has 4 nitrogen and oxygen atoms in total. The number of hydrogen-bond acceptors (Lipinski definition) is 4. The lowest BCUT2D eigenvalue weighted by atomic mass is 10.5. The van der Waals surface area contributed by atoms with Gasteiger partial charge in [0.1, 0.15) is 6.54 Å². The monoisotopic (exact) mass is 160 g/mol. The van der Waals surface area contributed by atoms with Gasteiger partial charge in [-0.25, -0.2) is 5.43 Å². The predicted molar refractivity (Wildman–Crippen MR) is 42.9 cm³/mol. The Balaban J connectivity index is 3.38. The first kappa shape index (κ1) is 10.4. The third-order valence-electron chi connectivity index (χ3n) is 0.907. The zero-order chi connectivity index (χ0) is 8.85. The second kappa shape index (κ2) is 5.09. The van der Waals surface area contributed by atoms with E-state index in [2.05, 4.69) is 5.43 Å². The summed E-state index contributed by atoms with van der Waals surface area (Å²) in [5, 5.41) is 1.71. The van der Waals surface area contributed by atoms with Crippen LogP contribution < -0.4 is 5.43 Å². The van der Waals surface area contributed by atoms with E-state index in [9.17, 15) is 4.79 Å². The van der Waals surface area contributed by atoms with Gasteiger partial charge in [0, 0.05) is 14.1 Å². The number of rotatable bonds is 4. The van der Waals surface area contributed by atoms with Gasteiger partial charge in [-0.2, -0.15) is 0 Å². The Morgan fingerprint density at radius 2 is 2.09 bits per heavy atom. The predicted octanol–water partition coefficient (Wildman–Crippen LogP) is 0.00420. The first-order chi connectivity index (χ1) is 5.02. The van der Waals surface area contributed by atoms with Gasteiger partial charge in [-0.3, -0.25) is 9.80 Å². The van der Waals surface area contributed by atoms with E-state index < -0.39 is 0 Å². The number of esters is 1. The van der Waals surface area contributed by atoms with E-state index in [4.69, 9.17) is 4.74 Å². The highest BCUT2D eigenvalue weighted by molar-refractivity contribution is 5.71. The van der Waals surface area contributed by atoms with Gasteiger partial charge in [0.2, 0.25) is 0 Å². The lowest BCUT2D eigenvalue weighted by Gasteiger charge is -2.12. The van der Waals surface area contributed by atoms with Crippen molar-refractivity contribution in [3.05, 3.63) is 0 Å². The second-order valence-corrected chi connectivity index (χ2v) is 2.77. The maximum atomic E-state index is 10.8. The van der Waals surface area contributed by atoms with E-state index in [1.165, 1.54) is 0 Å². The Morgan fingerprint density at radius 3 is 2.45 bits per heavy atom. The molecule has 4 heteroatoms. The largest absolute Gasteiger partial charge is 0.462 e. The minimum Gasteiger partial charge on any atom is -0.462 e. The van der Waals surface area contributed by atoms with Gasteiger partial charge >= 0.3 is 5.97 Å². The van der Waals surface area contributed by atoms with Gasteiger partial charge in [0.05, 0.1) is 6.10 Å². The van der Waals surface area contributed by atoms with Crippen LogP contribution in [0.1, 0.15) is 13.8 Å². The van der Waals surface area contributed by atoms with Crippen LogP contribution in [0.25, 0.3) is 0 Å². The molecule has 0 heterocycles. The van der Waals surface area contributed by atoms with Gasteiger partial charge in [0.25, 0.3) is 0 Å². The van der Waals surface area contributed by atoms with Crippen LogP contribution in [0.15, 0.2) is 0 Å².